The van der Waals surface area contributed by atoms with Crippen LogP contribution in [0.3, 0.4) is 0 Å². The van der Waals surface area contributed by atoms with E-state index < -0.39 is 20.6 Å². The van der Waals surface area contributed by atoms with Gasteiger partial charge < -0.3 is 0 Å². The largest absolute Gasteiger partial charge is 0.342 e. The molecule has 3 rings (SSSR count). The van der Waals surface area contributed by atoms with Crippen molar-refractivity contribution in [2.75, 3.05) is 0 Å². The molecule has 2 aromatic rings. The van der Waals surface area contributed by atoms with Crippen LogP contribution in [0.25, 0.3) is 0 Å². The minimum atomic E-state index is -4.52. The fourth-order valence-corrected chi connectivity index (χ4v) is 2.54. The quantitative estimate of drug-likeness (QED) is 0.855. The highest BCUT2D eigenvalue weighted by Crippen LogP contribution is 2.21. The van der Waals surface area contributed by atoms with Gasteiger partial charge in [-0.25, -0.2) is 8.42 Å². The number of sulfone groups is 1. The molecule has 0 saturated carbocycles. The van der Waals surface area contributed by atoms with E-state index in [1.54, 1.807) is 0 Å². The number of nitrogens with zero attached hydrogens (tertiary/aromatic N) is 2. The van der Waals surface area contributed by atoms with Crippen LogP contribution in [0.2, 0.25) is 0 Å². The van der Waals surface area contributed by atoms with E-state index in [2.05, 4.69) is 5.10 Å². The van der Waals surface area contributed by atoms with E-state index in [0.717, 1.165) is 6.42 Å². The van der Waals surface area contributed by atoms with E-state index in [1.807, 2.05) is 36.4 Å². The van der Waals surface area contributed by atoms with Gasteiger partial charge in [-0.3, -0.25) is 9.39 Å². The minimum absolute atomic E-state index is 0. The Labute approximate surface area is 120 Å². The van der Waals surface area contributed by atoms with E-state index >= 15 is 0 Å². The summed E-state index contributed by atoms with van der Waals surface area (Å²) in [6.45, 7) is 0.605. The second-order valence-electron chi connectivity index (χ2n) is 4.26. The molecule has 21 heavy (non-hydrogen) atoms. The standard InChI is InChI=1S/C7H8F2N2O2S.C6H6.FH/c8-7(9)14(12,13)6-4-5-2-1-3-11(5)10-6;1-2-4-6-5-3-1;/h4,7H,1-3H2;1-6H;1H. The molecule has 0 aliphatic carbocycles. The van der Waals surface area contributed by atoms with Gasteiger partial charge in [0.15, 0.2) is 5.03 Å². The monoisotopic (exact) mass is 320 g/mol. The lowest BCUT2D eigenvalue weighted by atomic mass is 10.3. The summed E-state index contributed by atoms with van der Waals surface area (Å²) in [6, 6.07) is 13.2. The molecular weight excluding hydrogens is 305 g/mol. The molecule has 116 valence electrons. The molecule has 0 N–H and O–H groups in total. The molecule has 8 heteroatoms. The number of aryl methyl sites for hydroxylation is 2. The second kappa shape index (κ2) is 7.26. The number of rotatable bonds is 2. The average Bonchev–Trinajstić information content (AvgIpc) is 3.02. The van der Waals surface area contributed by atoms with Crippen LogP contribution in [0, 0.1) is 0 Å². The SMILES string of the molecule is F.O=S(=O)(c1cc2n(n1)CCC2)C(F)F.c1ccccc1. The fraction of sp³-hybridized carbons (Fsp3) is 0.308. The van der Waals surface area contributed by atoms with E-state index in [4.69, 9.17) is 0 Å². The predicted octanol–water partition coefficient (Wildman–Crippen LogP) is 2.66. The van der Waals surface area contributed by atoms with Crippen molar-refractivity contribution in [2.45, 2.75) is 30.2 Å². The number of hydrogen-bond acceptors (Lipinski definition) is 3. The number of hydrogen-bond donors (Lipinski definition) is 0. The van der Waals surface area contributed by atoms with Gasteiger partial charge in [-0.05, 0) is 18.9 Å². The Hall–Kier alpha value is -1.83. The van der Waals surface area contributed by atoms with Gasteiger partial charge in [0.1, 0.15) is 0 Å². The maximum absolute atomic E-state index is 12.1. The summed E-state index contributed by atoms with van der Waals surface area (Å²) < 4.78 is 47.7. The topological polar surface area (TPSA) is 52.0 Å². The van der Waals surface area contributed by atoms with Gasteiger partial charge in [0.2, 0.25) is 0 Å². The van der Waals surface area contributed by atoms with Gasteiger partial charge in [0.25, 0.3) is 9.84 Å². The third-order valence-electron chi connectivity index (χ3n) is 2.84. The van der Waals surface area contributed by atoms with Crippen LogP contribution < -0.4 is 0 Å². The van der Waals surface area contributed by atoms with E-state index in [9.17, 15) is 17.2 Å². The Morgan fingerprint density at radius 2 is 1.62 bits per heavy atom. The lowest BCUT2D eigenvalue weighted by Gasteiger charge is -1.97. The molecular formula is C13H15F3N2O2S. The molecule has 0 radical (unpaired) electrons. The molecule has 0 unspecified atom stereocenters. The summed E-state index contributed by atoms with van der Waals surface area (Å²) in [7, 11) is -4.52. The third-order valence-corrected chi connectivity index (χ3v) is 4.09. The molecule has 4 nitrogen and oxygen atoms in total. The zero-order valence-corrected chi connectivity index (χ0v) is 11.8. The maximum atomic E-state index is 12.1. The molecule has 0 spiro atoms. The van der Waals surface area contributed by atoms with E-state index in [0.29, 0.717) is 18.7 Å². The average molecular weight is 320 g/mol. The van der Waals surface area contributed by atoms with Crippen LogP contribution in [0.1, 0.15) is 12.1 Å². The summed E-state index contributed by atoms with van der Waals surface area (Å²) in [6.07, 6.45) is 1.59. The molecule has 0 bridgehead atoms. The number of halogens is 3. The molecule has 0 amide bonds. The fourth-order valence-electron chi connectivity index (χ4n) is 1.85. The first-order valence-corrected chi connectivity index (χ1v) is 7.65. The minimum Gasteiger partial charge on any atom is -0.269 e. The molecule has 1 aliphatic heterocycles. The van der Waals surface area contributed by atoms with Gasteiger partial charge in [-0.15, -0.1) is 0 Å². The lowest BCUT2D eigenvalue weighted by molar-refractivity contribution is 0.234. The van der Waals surface area contributed by atoms with Gasteiger partial charge in [-0.1, -0.05) is 36.4 Å². The van der Waals surface area contributed by atoms with Crippen molar-refractivity contribution >= 4 is 9.84 Å². The normalized spacial score (nSPS) is 13.1. The molecule has 1 aliphatic rings. The third kappa shape index (κ3) is 4.07. The second-order valence-corrected chi connectivity index (χ2v) is 6.13. The van der Waals surface area contributed by atoms with Crippen LogP contribution in [-0.2, 0) is 22.8 Å². The Kier molecular flexibility index (Phi) is 5.95. The van der Waals surface area contributed by atoms with Gasteiger partial charge in [0, 0.05) is 12.2 Å². The van der Waals surface area contributed by atoms with Crippen molar-refractivity contribution in [1.29, 1.82) is 0 Å². The molecule has 0 fully saturated rings. The van der Waals surface area contributed by atoms with E-state index in [1.165, 1.54) is 10.7 Å². The predicted molar refractivity (Wildman–Crippen MR) is 72.7 cm³/mol. The summed E-state index contributed by atoms with van der Waals surface area (Å²) in [5.74, 6) is -3.39. The van der Waals surface area contributed by atoms with Gasteiger partial charge >= 0.3 is 5.76 Å². The maximum Gasteiger partial charge on any atom is 0.342 e. The van der Waals surface area contributed by atoms with Crippen molar-refractivity contribution < 1.29 is 21.9 Å². The summed E-state index contributed by atoms with van der Waals surface area (Å²) in [5.41, 5.74) is 0.712. The molecule has 0 saturated heterocycles. The summed E-state index contributed by atoms with van der Waals surface area (Å²) >= 11 is 0. The number of aromatic nitrogens is 2. The first kappa shape index (κ1) is 17.2. The Morgan fingerprint density at radius 3 is 2.05 bits per heavy atom. The van der Waals surface area contributed by atoms with Crippen LogP contribution in [-0.4, -0.2) is 24.0 Å². The number of fused-ring (bicyclic) bond motifs is 1. The van der Waals surface area contributed by atoms with Crippen LogP contribution in [0.5, 0.6) is 0 Å². The summed E-state index contributed by atoms with van der Waals surface area (Å²) in [5, 5.41) is 3.12. The van der Waals surface area contributed by atoms with Crippen LogP contribution in [0.15, 0.2) is 47.5 Å². The molecule has 1 aromatic carbocycles. The van der Waals surface area contributed by atoms with Gasteiger partial charge in [0.05, 0.1) is 0 Å². The van der Waals surface area contributed by atoms with Crippen molar-refractivity contribution in [3.8, 4) is 0 Å². The first-order valence-electron chi connectivity index (χ1n) is 6.10. The molecule has 2 heterocycles. The smallest absolute Gasteiger partial charge is 0.269 e. The summed E-state index contributed by atoms with van der Waals surface area (Å²) in [4.78, 5) is 0. The number of alkyl halides is 2. The highest BCUT2D eigenvalue weighted by molar-refractivity contribution is 7.91. The Morgan fingerprint density at radius 1 is 1.10 bits per heavy atom. The van der Waals surface area contributed by atoms with Crippen molar-refractivity contribution in [3.63, 3.8) is 0 Å². The van der Waals surface area contributed by atoms with Crippen LogP contribution in [0.4, 0.5) is 13.5 Å². The van der Waals surface area contributed by atoms with Crippen LogP contribution >= 0.6 is 0 Å². The zero-order chi connectivity index (χ0) is 14.6. The first-order chi connectivity index (χ1) is 9.51. The Balaban J connectivity index is 0.000000267. The van der Waals surface area contributed by atoms with Gasteiger partial charge in [-0.2, -0.15) is 13.9 Å². The Bertz CT molecular complexity index is 609. The van der Waals surface area contributed by atoms with Crippen molar-refractivity contribution in [1.82, 2.24) is 9.78 Å². The zero-order valence-electron chi connectivity index (χ0n) is 11.0. The molecule has 0 atom stereocenters. The van der Waals surface area contributed by atoms with E-state index in [-0.39, 0.29) is 4.70 Å². The highest BCUT2D eigenvalue weighted by atomic mass is 32.2. The van der Waals surface area contributed by atoms with Crippen molar-refractivity contribution in [3.05, 3.63) is 48.2 Å². The number of benzene rings is 1. The highest BCUT2D eigenvalue weighted by Gasteiger charge is 2.31. The van der Waals surface area contributed by atoms with Crippen molar-refractivity contribution in [2.24, 2.45) is 0 Å². The lowest BCUT2D eigenvalue weighted by Crippen LogP contribution is -2.12. The molecule has 1 aromatic heterocycles.